The van der Waals surface area contributed by atoms with Gasteiger partial charge in [-0.3, -0.25) is 14.8 Å². The van der Waals surface area contributed by atoms with Crippen LogP contribution in [0.1, 0.15) is 40.2 Å². The standard InChI is InChI=1S/C21H19FN4O4/c22-17-4-2-15(3-5-17)21(7-1-9-30-21)16-6-8-26(19(27)10-16)13-18-23-11-14(12-24-18)20(28)25-29/h2-6,8,10-12,29H,1,7,9,13H2,(H,25,28). The van der Waals surface area contributed by atoms with Crippen LogP contribution in [0.2, 0.25) is 0 Å². The van der Waals surface area contributed by atoms with Gasteiger partial charge in [0.25, 0.3) is 11.5 Å². The highest BCUT2D eigenvalue weighted by molar-refractivity contribution is 5.92. The number of aromatic nitrogens is 3. The summed E-state index contributed by atoms with van der Waals surface area (Å²) in [6.45, 7) is 0.673. The van der Waals surface area contributed by atoms with Crippen molar-refractivity contribution in [3.05, 3.63) is 93.7 Å². The van der Waals surface area contributed by atoms with Crippen molar-refractivity contribution in [2.45, 2.75) is 25.0 Å². The molecule has 8 nitrogen and oxygen atoms in total. The van der Waals surface area contributed by atoms with Crippen LogP contribution in [0, 0.1) is 5.82 Å². The maximum atomic E-state index is 13.4. The first kappa shape index (κ1) is 19.9. The Balaban J connectivity index is 1.61. The van der Waals surface area contributed by atoms with Crippen molar-refractivity contribution in [1.82, 2.24) is 20.0 Å². The Morgan fingerprint density at radius 3 is 2.53 bits per heavy atom. The van der Waals surface area contributed by atoms with Crippen LogP contribution in [-0.2, 0) is 16.9 Å². The number of carbonyl (C=O) groups is 1. The molecule has 1 amide bonds. The molecule has 2 N–H and O–H groups in total. The van der Waals surface area contributed by atoms with Crippen LogP contribution in [0.5, 0.6) is 0 Å². The van der Waals surface area contributed by atoms with E-state index in [0.29, 0.717) is 24.4 Å². The van der Waals surface area contributed by atoms with Crippen LogP contribution in [0.3, 0.4) is 0 Å². The Kier molecular flexibility index (Phi) is 5.39. The summed E-state index contributed by atoms with van der Waals surface area (Å²) in [5, 5.41) is 8.63. The third kappa shape index (κ3) is 3.72. The summed E-state index contributed by atoms with van der Waals surface area (Å²) in [7, 11) is 0. The number of nitrogens with zero attached hydrogens (tertiary/aromatic N) is 3. The molecule has 1 unspecified atom stereocenters. The molecular formula is C21H19FN4O4. The summed E-state index contributed by atoms with van der Waals surface area (Å²) in [5.41, 5.74) is 2.09. The zero-order valence-corrected chi connectivity index (χ0v) is 15.9. The number of hydrogen-bond donors (Lipinski definition) is 2. The molecule has 1 aliphatic heterocycles. The van der Waals surface area contributed by atoms with E-state index in [1.807, 2.05) is 6.07 Å². The fourth-order valence-electron chi connectivity index (χ4n) is 3.64. The van der Waals surface area contributed by atoms with E-state index in [-0.39, 0.29) is 23.5 Å². The van der Waals surface area contributed by atoms with Gasteiger partial charge < -0.3 is 9.30 Å². The first-order valence-corrected chi connectivity index (χ1v) is 9.38. The van der Waals surface area contributed by atoms with Crippen LogP contribution in [-0.4, -0.2) is 32.3 Å². The number of pyridine rings is 1. The van der Waals surface area contributed by atoms with Gasteiger partial charge in [-0.15, -0.1) is 0 Å². The zero-order valence-electron chi connectivity index (χ0n) is 15.9. The number of halogens is 1. The van der Waals surface area contributed by atoms with Gasteiger partial charge in [0, 0.05) is 31.3 Å². The van der Waals surface area contributed by atoms with Crippen LogP contribution >= 0.6 is 0 Å². The monoisotopic (exact) mass is 410 g/mol. The smallest absolute Gasteiger partial charge is 0.277 e. The van der Waals surface area contributed by atoms with E-state index in [0.717, 1.165) is 12.0 Å². The van der Waals surface area contributed by atoms with E-state index in [1.54, 1.807) is 18.3 Å². The molecule has 3 heterocycles. The number of nitrogens with one attached hydrogen (secondary N) is 1. The minimum absolute atomic E-state index is 0.101. The van der Waals surface area contributed by atoms with Gasteiger partial charge in [-0.25, -0.2) is 19.8 Å². The Morgan fingerprint density at radius 1 is 1.20 bits per heavy atom. The Morgan fingerprint density at radius 2 is 1.93 bits per heavy atom. The molecule has 2 aromatic heterocycles. The first-order chi connectivity index (χ1) is 14.5. The fourth-order valence-corrected chi connectivity index (χ4v) is 3.64. The molecule has 0 radical (unpaired) electrons. The molecule has 1 atom stereocenters. The number of hydroxylamine groups is 1. The Hall–Kier alpha value is -3.43. The molecule has 0 aliphatic carbocycles. The summed E-state index contributed by atoms with van der Waals surface area (Å²) in [4.78, 5) is 32.2. The quantitative estimate of drug-likeness (QED) is 0.492. The molecule has 1 saturated heterocycles. The molecule has 0 bridgehead atoms. The highest BCUT2D eigenvalue weighted by atomic mass is 19.1. The van der Waals surface area contributed by atoms with E-state index < -0.39 is 11.5 Å². The number of ether oxygens (including phenoxy) is 1. The second-order valence-corrected chi connectivity index (χ2v) is 7.00. The molecule has 0 spiro atoms. The van der Waals surface area contributed by atoms with E-state index in [1.165, 1.54) is 40.6 Å². The maximum Gasteiger partial charge on any atom is 0.277 e. The van der Waals surface area contributed by atoms with Crippen molar-refractivity contribution in [3.63, 3.8) is 0 Å². The average Bonchev–Trinajstić information content (AvgIpc) is 3.27. The molecule has 3 aromatic rings. The summed E-state index contributed by atoms with van der Waals surface area (Å²) >= 11 is 0. The van der Waals surface area contributed by atoms with Crippen LogP contribution < -0.4 is 11.0 Å². The highest BCUT2D eigenvalue weighted by Crippen LogP contribution is 2.41. The Labute approximate surface area is 170 Å². The summed E-state index contributed by atoms with van der Waals surface area (Å²) in [6, 6.07) is 9.47. The third-order valence-corrected chi connectivity index (χ3v) is 5.18. The lowest BCUT2D eigenvalue weighted by molar-refractivity contribution is 0.0357. The van der Waals surface area contributed by atoms with Gasteiger partial charge in [0.1, 0.15) is 17.2 Å². The van der Waals surface area contributed by atoms with Gasteiger partial charge in [0.05, 0.1) is 12.1 Å². The SMILES string of the molecule is O=C(NO)c1cnc(Cn2ccc(C3(c4ccc(F)cc4)CCCO3)cc2=O)nc1. The van der Waals surface area contributed by atoms with Gasteiger partial charge in [-0.1, -0.05) is 12.1 Å². The number of carbonyl (C=O) groups excluding carboxylic acids is 1. The van der Waals surface area contributed by atoms with E-state index >= 15 is 0 Å². The van der Waals surface area contributed by atoms with Gasteiger partial charge in [-0.2, -0.15) is 0 Å². The fraction of sp³-hybridized carbons (Fsp3) is 0.238. The van der Waals surface area contributed by atoms with Gasteiger partial charge in [0.15, 0.2) is 0 Å². The van der Waals surface area contributed by atoms with Crippen molar-refractivity contribution >= 4 is 5.91 Å². The molecule has 0 saturated carbocycles. The van der Waals surface area contributed by atoms with Crippen LogP contribution in [0.25, 0.3) is 0 Å². The van der Waals surface area contributed by atoms with Crippen LogP contribution in [0.4, 0.5) is 4.39 Å². The summed E-state index contributed by atoms with van der Waals surface area (Å²) in [5.74, 6) is -0.708. The lowest BCUT2D eigenvalue weighted by atomic mass is 9.84. The predicted molar refractivity (Wildman–Crippen MR) is 103 cm³/mol. The van der Waals surface area contributed by atoms with Gasteiger partial charge in [-0.05, 0) is 42.2 Å². The number of benzene rings is 1. The largest absolute Gasteiger partial charge is 0.366 e. The molecule has 4 rings (SSSR count). The predicted octanol–water partition coefficient (Wildman–Crippen LogP) is 2.00. The van der Waals surface area contributed by atoms with Crippen LogP contribution in [0.15, 0.2) is 59.8 Å². The van der Waals surface area contributed by atoms with Crippen molar-refractivity contribution in [3.8, 4) is 0 Å². The normalized spacial score (nSPS) is 18.3. The maximum absolute atomic E-state index is 13.4. The van der Waals surface area contributed by atoms with Crippen molar-refractivity contribution in [1.29, 1.82) is 0 Å². The van der Waals surface area contributed by atoms with E-state index in [2.05, 4.69) is 9.97 Å². The van der Waals surface area contributed by atoms with Gasteiger partial charge in [0.2, 0.25) is 0 Å². The molecular weight excluding hydrogens is 391 g/mol. The second-order valence-electron chi connectivity index (χ2n) is 7.00. The van der Waals surface area contributed by atoms with Crippen molar-refractivity contribution in [2.24, 2.45) is 0 Å². The van der Waals surface area contributed by atoms with Crippen molar-refractivity contribution < 1.29 is 19.1 Å². The molecule has 9 heteroatoms. The summed E-state index contributed by atoms with van der Waals surface area (Å²) in [6.07, 6.45) is 5.70. The van der Waals surface area contributed by atoms with E-state index in [4.69, 9.17) is 9.94 Å². The third-order valence-electron chi connectivity index (χ3n) is 5.18. The number of hydrogen-bond acceptors (Lipinski definition) is 6. The lowest BCUT2D eigenvalue weighted by Crippen LogP contribution is -2.30. The van der Waals surface area contributed by atoms with Crippen molar-refractivity contribution in [2.75, 3.05) is 6.61 Å². The second kappa shape index (κ2) is 8.13. The summed E-state index contributed by atoms with van der Waals surface area (Å²) < 4.78 is 20.9. The van der Waals surface area contributed by atoms with E-state index in [9.17, 15) is 14.0 Å². The average molecular weight is 410 g/mol. The minimum atomic E-state index is -0.776. The highest BCUT2D eigenvalue weighted by Gasteiger charge is 2.39. The van der Waals surface area contributed by atoms with Gasteiger partial charge >= 0.3 is 0 Å². The number of amides is 1. The molecule has 1 fully saturated rings. The first-order valence-electron chi connectivity index (χ1n) is 9.38. The number of rotatable bonds is 5. The molecule has 1 aliphatic rings. The lowest BCUT2D eigenvalue weighted by Gasteiger charge is -2.29. The molecule has 1 aromatic carbocycles. The topological polar surface area (TPSA) is 106 Å². The zero-order chi connectivity index (χ0) is 21.1. The minimum Gasteiger partial charge on any atom is -0.366 e. The molecule has 30 heavy (non-hydrogen) atoms. The molecule has 154 valence electrons. The Bertz CT molecular complexity index is 1110.